The number of nitrogens with zero attached hydrogens (tertiary/aromatic N) is 1. The van der Waals surface area contributed by atoms with E-state index in [1.54, 1.807) is 49.0 Å². The van der Waals surface area contributed by atoms with Crippen molar-refractivity contribution in [3.05, 3.63) is 76.0 Å². The summed E-state index contributed by atoms with van der Waals surface area (Å²) in [5.74, 6) is -0.864. The van der Waals surface area contributed by atoms with Crippen LogP contribution in [0.5, 0.6) is 0 Å². The van der Waals surface area contributed by atoms with Crippen LogP contribution in [0.1, 0.15) is 12.5 Å². The number of carbonyl (C=O) groups is 2. The van der Waals surface area contributed by atoms with Crippen LogP contribution in [-0.4, -0.2) is 25.2 Å². The number of ether oxygens (including phenoxy) is 1. The molecule has 138 valence electrons. The molecule has 3 rings (SSSR count). The molecule has 4 nitrogen and oxygen atoms in total. The van der Waals surface area contributed by atoms with E-state index in [0.717, 1.165) is 10.5 Å². The van der Waals surface area contributed by atoms with E-state index in [1.165, 1.54) is 12.0 Å². The van der Waals surface area contributed by atoms with Crippen LogP contribution < -0.4 is 4.90 Å². The summed E-state index contributed by atoms with van der Waals surface area (Å²) in [7, 11) is 1.30. The van der Waals surface area contributed by atoms with Crippen molar-refractivity contribution in [1.29, 1.82) is 0 Å². The van der Waals surface area contributed by atoms with Gasteiger partial charge in [0.2, 0.25) is 0 Å². The molecule has 2 aromatic carbocycles. The number of amides is 1. The van der Waals surface area contributed by atoms with Crippen LogP contribution >= 0.6 is 23.4 Å². The minimum Gasteiger partial charge on any atom is -0.465 e. The normalized spacial score (nSPS) is 15.6. The number of halogens is 1. The fourth-order valence-electron chi connectivity index (χ4n) is 2.97. The van der Waals surface area contributed by atoms with Crippen molar-refractivity contribution < 1.29 is 14.3 Å². The number of allylic oxidation sites excluding steroid dienone is 1. The van der Waals surface area contributed by atoms with Crippen LogP contribution in [0.4, 0.5) is 5.69 Å². The number of carbonyl (C=O) groups excluding carboxylic acids is 2. The van der Waals surface area contributed by atoms with Gasteiger partial charge in [0.1, 0.15) is 0 Å². The van der Waals surface area contributed by atoms with Crippen LogP contribution in [-0.2, 0) is 14.3 Å². The van der Waals surface area contributed by atoms with E-state index in [-0.39, 0.29) is 17.1 Å². The summed E-state index contributed by atoms with van der Waals surface area (Å²) in [6, 6.07) is 14.8. The fourth-order valence-corrected chi connectivity index (χ4v) is 3.60. The summed E-state index contributed by atoms with van der Waals surface area (Å²) >= 11 is 7.92. The molecular weight excluding hydrogens is 382 g/mol. The molecule has 0 aliphatic carbocycles. The molecule has 1 amide bonds. The first kappa shape index (κ1) is 19.3. The second-order valence-electron chi connectivity index (χ2n) is 5.88. The van der Waals surface area contributed by atoms with Crippen molar-refractivity contribution in [2.24, 2.45) is 0 Å². The molecule has 0 aromatic heterocycles. The van der Waals surface area contributed by atoms with E-state index < -0.39 is 5.97 Å². The highest BCUT2D eigenvalue weighted by molar-refractivity contribution is 7.98. The van der Waals surface area contributed by atoms with Gasteiger partial charge in [0, 0.05) is 10.6 Å². The second-order valence-corrected chi connectivity index (χ2v) is 7.16. The Morgan fingerprint density at radius 2 is 1.81 bits per heavy atom. The number of anilines is 1. The summed E-state index contributed by atoms with van der Waals surface area (Å²) in [5.41, 5.74) is 2.38. The molecule has 0 saturated heterocycles. The third kappa shape index (κ3) is 3.66. The molecule has 0 fully saturated rings. The lowest BCUT2D eigenvalue weighted by Crippen LogP contribution is -2.24. The van der Waals surface area contributed by atoms with E-state index in [9.17, 15) is 9.59 Å². The molecule has 0 N–H and O–H groups in total. The van der Waals surface area contributed by atoms with E-state index in [1.807, 2.05) is 30.5 Å². The van der Waals surface area contributed by atoms with Gasteiger partial charge in [0.25, 0.3) is 5.91 Å². The van der Waals surface area contributed by atoms with Gasteiger partial charge in [-0.05, 0) is 49.1 Å². The van der Waals surface area contributed by atoms with Crippen LogP contribution in [0.2, 0.25) is 5.02 Å². The maximum absolute atomic E-state index is 13.2. The summed E-state index contributed by atoms with van der Waals surface area (Å²) in [6.45, 7) is 1.71. The van der Waals surface area contributed by atoms with Crippen molar-refractivity contribution in [3.63, 3.8) is 0 Å². The zero-order valence-corrected chi connectivity index (χ0v) is 16.7. The smallest absolute Gasteiger partial charge is 0.340 e. The molecule has 2 aromatic rings. The van der Waals surface area contributed by atoms with Gasteiger partial charge in [-0.2, -0.15) is 0 Å². The van der Waals surface area contributed by atoms with Gasteiger partial charge in [0.15, 0.2) is 0 Å². The summed E-state index contributed by atoms with van der Waals surface area (Å²) in [6.07, 6.45) is 3.70. The number of para-hydroxylation sites is 1. The Morgan fingerprint density at radius 1 is 1.15 bits per heavy atom. The van der Waals surface area contributed by atoms with Crippen molar-refractivity contribution in [3.8, 4) is 0 Å². The first-order chi connectivity index (χ1) is 13.0. The molecule has 0 bridgehead atoms. The SMILES string of the molecule is COC(=O)C1=C(C)N(c2ccccc2Cl)C(=O)/C1=C\c1ccc(SC)cc1. The maximum Gasteiger partial charge on any atom is 0.340 e. The molecule has 0 atom stereocenters. The number of rotatable bonds is 4. The molecule has 0 unspecified atom stereocenters. The minimum absolute atomic E-state index is 0.247. The van der Waals surface area contributed by atoms with Gasteiger partial charge in [0.05, 0.1) is 29.0 Å². The van der Waals surface area contributed by atoms with Crippen molar-refractivity contribution in [1.82, 2.24) is 0 Å². The van der Waals surface area contributed by atoms with Crippen LogP contribution in [0.15, 0.2) is 70.3 Å². The highest BCUT2D eigenvalue weighted by Crippen LogP contribution is 2.38. The van der Waals surface area contributed by atoms with E-state index in [2.05, 4.69) is 0 Å². The van der Waals surface area contributed by atoms with Gasteiger partial charge in [-0.25, -0.2) is 4.79 Å². The highest BCUT2D eigenvalue weighted by atomic mass is 35.5. The summed E-state index contributed by atoms with van der Waals surface area (Å²) in [5, 5.41) is 0.431. The molecule has 27 heavy (non-hydrogen) atoms. The maximum atomic E-state index is 13.2. The molecule has 0 radical (unpaired) electrons. The third-order valence-corrected chi connectivity index (χ3v) is 5.37. The predicted octanol–water partition coefficient (Wildman–Crippen LogP) is 4.94. The lowest BCUT2D eigenvalue weighted by atomic mass is 10.0. The number of hydrogen-bond donors (Lipinski definition) is 0. The molecule has 1 aliphatic rings. The monoisotopic (exact) mass is 399 g/mol. The average molecular weight is 400 g/mol. The van der Waals surface area contributed by atoms with Crippen LogP contribution in [0, 0.1) is 0 Å². The Kier molecular flexibility index (Phi) is 5.73. The minimum atomic E-state index is -0.553. The van der Waals surface area contributed by atoms with Crippen molar-refractivity contribution >= 4 is 47.0 Å². The Morgan fingerprint density at radius 3 is 2.41 bits per heavy atom. The van der Waals surface area contributed by atoms with Crippen LogP contribution in [0.25, 0.3) is 6.08 Å². The molecule has 1 aliphatic heterocycles. The number of benzene rings is 2. The summed E-state index contributed by atoms with van der Waals surface area (Å²) in [4.78, 5) is 28.1. The zero-order chi connectivity index (χ0) is 19.6. The van der Waals surface area contributed by atoms with Gasteiger partial charge >= 0.3 is 5.97 Å². The molecule has 6 heteroatoms. The lowest BCUT2D eigenvalue weighted by Gasteiger charge is -2.19. The number of methoxy groups -OCH3 is 1. The highest BCUT2D eigenvalue weighted by Gasteiger charge is 2.38. The zero-order valence-electron chi connectivity index (χ0n) is 15.2. The first-order valence-corrected chi connectivity index (χ1v) is 9.82. The quantitative estimate of drug-likeness (QED) is 0.415. The van der Waals surface area contributed by atoms with Crippen LogP contribution in [0.3, 0.4) is 0 Å². The number of hydrogen-bond acceptors (Lipinski definition) is 4. The van der Waals surface area contributed by atoms with Gasteiger partial charge in [-0.3, -0.25) is 9.69 Å². The Balaban J connectivity index is 2.12. The van der Waals surface area contributed by atoms with Crippen molar-refractivity contribution in [2.75, 3.05) is 18.3 Å². The molecule has 1 heterocycles. The van der Waals surface area contributed by atoms with Gasteiger partial charge < -0.3 is 4.74 Å². The van der Waals surface area contributed by atoms with Gasteiger partial charge in [-0.15, -0.1) is 11.8 Å². The van der Waals surface area contributed by atoms with E-state index in [4.69, 9.17) is 16.3 Å². The Labute approximate surface area is 167 Å². The van der Waals surface area contributed by atoms with Gasteiger partial charge in [-0.1, -0.05) is 35.9 Å². The average Bonchev–Trinajstić information content (AvgIpc) is 2.92. The first-order valence-electron chi connectivity index (χ1n) is 8.22. The number of esters is 1. The molecular formula is C21H18ClNO3S. The Bertz CT molecular complexity index is 964. The summed E-state index contributed by atoms with van der Waals surface area (Å²) < 4.78 is 4.92. The topological polar surface area (TPSA) is 46.6 Å². The van der Waals surface area contributed by atoms with E-state index >= 15 is 0 Å². The molecule has 0 saturated carbocycles. The lowest BCUT2D eigenvalue weighted by molar-refractivity contribution is -0.136. The number of thioether (sulfide) groups is 1. The largest absolute Gasteiger partial charge is 0.465 e. The Hall–Kier alpha value is -2.50. The fraction of sp³-hybridized carbons (Fsp3) is 0.143. The third-order valence-electron chi connectivity index (χ3n) is 4.31. The second kappa shape index (κ2) is 8.03. The standard InChI is InChI=1S/C21H18ClNO3S/c1-13-19(21(25)26-2)16(12-14-8-10-15(27-3)11-9-14)20(24)23(13)18-7-5-4-6-17(18)22/h4-12H,1-3H3/b16-12-. The molecule has 0 spiro atoms. The van der Waals surface area contributed by atoms with E-state index in [0.29, 0.717) is 16.4 Å². The van der Waals surface area contributed by atoms with Crippen molar-refractivity contribution in [2.45, 2.75) is 11.8 Å². The predicted molar refractivity (Wildman–Crippen MR) is 110 cm³/mol.